The van der Waals surface area contributed by atoms with Crippen molar-refractivity contribution in [2.45, 2.75) is 58.2 Å². The molecule has 1 N–H and O–H groups in total. The van der Waals surface area contributed by atoms with Crippen LogP contribution in [-0.2, 0) is 4.74 Å². The van der Waals surface area contributed by atoms with Crippen LogP contribution in [0.2, 0.25) is 0 Å². The zero-order valence-corrected chi connectivity index (χ0v) is 8.80. The minimum Gasteiger partial charge on any atom is -0.368 e. The molecule has 0 rings (SSSR count). The van der Waals surface area contributed by atoms with E-state index >= 15 is 0 Å². The highest BCUT2D eigenvalue weighted by Gasteiger charge is 1.98. The highest BCUT2D eigenvalue weighted by atomic mass is 16.6. The Bertz CT molecular complexity index is 94.1. The second-order valence-corrected chi connectivity index (χ2v) is 3.38. The molecule has 0 aliphatic rings. The van der Waals surface area contributed by atoms with Gasteiger partial charge < -0.3 is 9.84 Å². The molecule has 79 valence electrons. The average molecular weight is 187 g/mol. The van der Waals surface area contributed by atoms with Crippen LogP contribution in [0.4, 0.5) is 0 Å². The van der Waals surface area contributed by atoms with Crippen molar-refractivity contribution >= 4 is 0 Å². The lowest BCUT2D eigenvalue weighted by Crippen LogP contribution is -2.10. The fourth-order valence-corrected chi connectivity index (χ4v) is 1.19. The van der Waals surface area contributed by atoms with Gasteiger partial charge in [0.2, 0.25) is 0 Å². The summed E-state index contributed by atoms with van der Waals surface area (Å²) >= 11 is 0. The molecule has 0 amide bonds. The molecule has 1 atom stereocenters. The average Bonchev–Trinajstić information content (AvgIpc) is 2.16. The number of ether oxygens (including phenoxy) is 1. The van der Waals surface area contributed by atoms with Crippen molar-refractivity contribution in [2.75, 3.05) is 6.61 Å². The molecule has 1 radical (unpaired) electrons. The molecule has 0 saturated heterocycles. The third kappa shape index (κ3) is 9.84. The number of aliphatic hydroxyl groups is 1. The topological polar surface area (TPSA) is 29.5 Å². The summed E-state index contributed by atoms with van der Waals surface area (Å²) in [5.74, 6) is 0. The van der Waals surface area contributed by atoms with E-state index in [9.17, 15) is 0 Å². The largest absolute Gasteiger partial charge is 0.368 e. The Kier molecular flexibility index (Phi) is 9.94. The second-order valence-electron chi connectivity index (χ2n) is 3.38. The predicted molar refractivity (Wildman–Crippen MR) is 55.3 cm³/mol. The van der Waals surface area contributed by atoms with Gasteiger partial charge >= 0.3 is 0 Å². The van der Waals surface area contributed by atoms with Crippen molar-refractivity contribution < 1.29 is 9.84 Å². The molecule has 0 aromatic carbocycles. The molecule has 2 nitrogen and oxygen atoms in total. The maximum atomic E-state index is 9.01. The molecular weight excluding hydrogens is 164 g/mol. The van der Waals surface area contributed by atoms with Gasteiger partial charge in [-0.05, 0) is 19.8 Å². The maximum Gasteiger partial charge on any atom is 0.154 e. The summed E-state index contributed by atoms with van der Waals surface area (Å²) in [6, 6.07) is 0. The van der Waals surface area contributed by atoms with Crippen LogP contribution in [0.3, 0.4) is 0 Å². The van der Waals surface area contributed by atoms with Gasteiger partial charge in [-0.2, -0.15) is 0 Å². The summed E-state index contributed by atoms with van der Waals surface area (Å²) in [6.45, 7) is 6.44. The van der Waals surface area contributed by atoms with Gasteiger partial charge in [0.05, 0.1) is 0 Å². The highest BCUT2D eigenvalue weighted by Crippen LogP contribution is 2.05. The Morgan fingerprint density at radius 1 is 1.15 bits per heavy atom. The number of hydrogen-bond donors (Lipinski definition) is 1. The van der Waals surface area contributed by atoms with Gasteiger partial charge in [0.1, 0.15) is 0 Å². The van der Waals surface area contributed by atoms with Gasteiger partial charge in [0, 0.05) is 6.61 Å². The Morgan fingerprint density at radius 2 is 1.77 bits per heavy atom. The van der Waals surface area contributed by atoms with Gasteiger partial charge in [0.15, 0.2) is 6.29 Å². The summed E-state index contributed by atoms with van der Waals surface area (Å²) in [5, 5.41) is 9.01. The summed E-state index contributed by atoms with van der Waals surface area (Å²) in [7, 11) is 0. The van der Waals surface area contributed by atoms with Gasteiger partial charge in [-0.25, -0.2) is 0 Å². The second kappa shape index (κ2) is 10.0. The van der Waals surface area contributed by atoms with Crippen LogP contribution in [0, 0.1) is 6.92 Å². The number of hydrogen-bond acceptors (Lipinski definition) is 2. The zero-order valence-electron chi connectivity index (χ0n) is 8.80. The Morgan fingerprint density at radius 3 is 2.38 bits per heavy atom. The molecular formula is C11H23O2. The predicted octanol–water partition coefficient (Wildman–Crippen LogP) is 2.91. The van der Waals surface area contributed by atoms with E-state index in [2.05, 4.69) is 13.8 Å². The molecule has 13 heavy (non-hydrogen) atoms. The number of rotatable bonds is 9. The highest BCUT2D eigenvalue weighted by molar-refractivity contribution is 4.46. The quantitative estimate of drug-likeness (QED) is 0.444. The van der Waals surface area contributed by atoms with Crippen molar-refractivity contribution in [1.82, 2.24) is 0 Å². The monoisotopic (exact) mass is 187 g/mol. The van der Waals surface area contributed by atoms with E-state index in [0.29, 0.717) is 13.0 Å². The minimum atomic E-state index is -0.657. The van der Waals surface area contributed by atoms with E-state index in [1.54, 1.807) is 0 Å². The SMILES string of the molecule is [CH2]CC(O)OCCCCCCCC. The van der Waals surface area contributed by atoms with Crippen LogP contribution in [0.15, 0.2) is 0 Å². The van der Waals surface area contributed by atoms with E-state index in [4.69, 9.17) is 9.84 Å². The molecule has 1 unspecified atom stereocenters. The standard InChI is InChI=1S/C11H23O2/c1-3-5-6-7-8-9-10-13-11(12)4-2/h11-12H,2-10H2,1H3. The first-order valence-corrected chi connectivity index (χ1v) is 5.40. The lowest BCUT2D eigenvalue weighted by Gasteiger charge is -2.08. The number of aliphatic hydroxyl groups excluding tert-OH is 1. The number of unbranched alkanes of at least 4 members (excludes halogenated alkanes) is 5. The van der Waals surface area contributed by atoms with Crippen molar-refractivity contribution in [3.05, 3.63) is 6.92 Å². The normalized spacial score (nSPS) is 13.2. The van der Waals surface area contributed by atoms with Crippen LogP contribution in [0.5, 0.6) is 0 Å². The van der Waals surface area contributed by atoms with E-state index in [0.717, 1.165) is 6.42 Å². The van der Waals surface area contributed by atoms with E-state index in [-0.39, 0.29) is 0 Å². The molecule has 0 aromatic heterocycles. The molecule has 0 aliphatic carbocycles. The smallest absolute Gasteiger partial charge is 0.154 e. The van der Waals surface area contributed by atoms with Gasteiger partial charge in [-0.1, -0.05) is 39.0 Å². The molecule has 0 fully saturated rings. The minimum absolute atomic E-state index is 0.440. The van der Waals surface area contributed by atoms with Crippen LogP contribution < -0.4 is 0 Å². The summed E-state index contributed by atoms with van der Waals surface area (Å²) in [4.78, 5) is 0. The molecule has 2 heteroatoms. The van der Waals surface area contributed by atoms with Crippen molar-refractivity contribution in [2.24, 2.45) is 0 Å². The first kappa shape index (κ1) is 12.9. The maximum absolute atomic E-state index is 9.01. The first-order chi connectivity index (χ1) is 6.31. The van der Waals surface area contributed by atoms with Crippen molar-refractivity contribution in [1.29, 1.82) is 0 Å². The van der Waals surface area contributed by atoms with Gasteiger partial charge in [-0.3, -0.25) is 0 Å². The van der Waals surface area contributed by atoms with E-state index in [1.165, 1.54) is 32.1 Å². The molecule has 0 heterocycles. The Labute approximate surface area is 82.3 Å². The lowest BCUT2D eigenvalue weighted by atomic mass is 10.1. The first-order valence-electron chi connectivity index (χ1n) is 5.40. The third-order valence-electron chi connectivity index (χ3n) is 2.06. The molecule has 0 aromatic rings. The fourth-order valence-electron chi connectivity index (χ4n) is 1.19. The summed E-state index contributed by atoms with van der Waals surface area (Å²) in [6.07, 6.45) is 7.29. The van der Waals surface area contributed by atoms with E-state index in [1.807, 2.05) is 0 Å². The van der Waals surface area contributed by atoms with Crippen molar-refractivity contribution in [3.63, 3.8) is 0 Å². The summed E-state index contributed by atoms with van der Waals surface area (Å²) in [5.41, 5.74) is 0. The van der Waals surface area contributed by atoms with Gasteiger partial charge in [0.25, 0.3) is 0 Å². The van der Waals surface area contributed by atoms with Crippen molar-refractivity contribution in [3.8, 4) is 0 Å². The Hall–Kier alpha value is -0.0800. The zero-order chi connectivity index (χ0) is 9.94. The van der Waals surface area contributed by atoms with Crippen LogP contribution >= 0.6 is 0 Å². The van der Waals surface area contributed by atoms with Crippen LogP contribution in [-0.4, -0.2) is 18.0 Å². The van der Waals surface area contributed by atoms with Crippen LogP contribution in [0.1, 0.15) is 51.9 Å². The van der Waals surface area contributed by atoms with Crippen LogP contribution in [0.25, 0.3) is 0 Å². The fraction of sp³-hybridized carbons (Fsp3) is 0.909. The summed E-state index contributed by atoms with van der Waals surface area (Å²) < 4.78 is 5.09. The molecule has 0 spiro atoms. The van der Waals surface area contributed by atoms with Gasteiger partial charge in [-0.15, -0.1) is 0 Å². The molecule has 0 bridgehead atoms. The molecule has 0 saturated carbocycles. The molecule has 0 aliphatic heterocycles. The lowest BCUT2D eigenvalue weighted by molar-refractivity contribution is -0.0971. The Balaban J connectivity index is 2.91. The van der Waals surface area contributed by atoms with E-state index < -0.39 is 6.29 Å². The third-order valence-corrected chi connectivity index (χ3v) is 2.06.